The molecule has 1 saturated carbocycles. The molecular formula is C26H26O3. The van der Waals surface area contributed by atoms with Crippen LogP contribution in [0.3, 0.4) is 0 Å². The number of ether oxygens (including phenoxy) is 1. The summed E-state index contributed by atoms with van der Waals surface area (Å²) in [7, 11) is 0. The van der Waals surface area contributed by atoms with Gasteiger partial charge in [0.15, 0.2) is 0 Å². The molecule has 2 aromatic carbocycles. The lowest BCUT2D eigenvalue weighted by molar-refractivity contribution is -0.161. The zero-order valence-corrected chi connectivity index (χ0v) is 17.5. The lowest BCUT2D eigenvalue weighted by atomic mass is 10.00. The molecule has 1 heterocycles. The molecule has 0 radical (unpaired) electrons. The molecule has 4 rings (SSSR count). The van der Waals surface area contributed by atoms with Gasteiger partial charge in [-0.25, -0.2) is 0 Å². The van der Waals surface area contributed by atoms with E-state index < -0.39 is 11.0 Å². The van der Waals surface area contributed by atoms with E-state index in [9.17, 15) is 4.79 Å². The van der Waals surface area contributed by atoms with E-state index in [0.717, 1.165) is 40.7 Å². The highest BCUT2D eigenvalue weighted by Crippen LogP contribution is 2.50. The van der Waals surface area contributed by atoms with Crippen molar-refractivity contribution < 1.29 is 13.9 Å². The van der Waals surface area contributed by atoms with E-state index in [1.807, 2.05) is 57.2 Å². The molecule has 1 aromatic heterocycles. The van der Waals surface area contributed by atoms with Gasteiger partial charge >= 0.3 is 5.97 Å². The molecule has 0 N–H and O–H groups in total. The average molecular weight is 386 g/mol. The minimum Gasteiger partial charge on any atom is -0.461 e. The van der Waals surface area contributed by atoms with Gasteiger partial charge in [0.05, 0.1) is 5.41 Å². The van der Waals surface area contributed by atoms with E-state index in [0.29, 0.717) is 6.42 Å². The molecule has 0 aliphatic heterocycles. The van der Waals surface area contributed by atoms with E-state index in [1.54, 1.807) is 0 Å². The van der Waals surface area contributed by atoms with Gasteiger partial charge in [-0.15, -0.1) is 0 Å². The highest BCUT2D eigenvalue weighted by Gasteiger charge is 2.52. The lowest BCUT2D eigenvalue weighted by Gasteiger charge is -2.23. The zero-order chi connectivity index (χ0) is 20.6. The van der Waals surface area contributed by atoms with Crippen LogP contribution < -0.4 is 0 Å². The Balaban J connectivity index is 1.52. The molecule has 1 aliphatic rings. The number of esters is 1. The first-order valence-corrected chi connectivity index (χ1v) is 10.1. The summed E-state index contributed by atoms with van der Waals surface area (Å²) in [6, 6.07) is 16.2. The van der Waals surface area contributed by atoms with Crippen molar-refractivity contribution in [1.29, 1.82) is 0 Å². The first kappa shape index (κ1) is 19.3. The van der Waals surface area contributed by atoms with Crippen molar-refractivity contribution in [3.8, 4) is 11.8 Å². The number of furan rings is 1. The zero-order valence-electron chi connectivity index (χ0n) is 17.5. The smallest absolute Gasteiger partial charge is 0.313 e. The molecule has 0 saturated heterocycles. The quantitative estimate of drug-likeness (QED) is 0.421. The van der Waals surface area contributed by atoms with Crippen LogP contribution in [0, 0.1) is 24.2 Å². The van der Waals surface area contributed by atoms with Gasteiger partial charge < -0.3 is 9.15 Å². The fraction of sp³-hybridized carbons (Fsp3) is 0.346. The molecule has 3 nitrogen and oxygen atoms in total. The van der Waals surface area contributed by atoms with Gasteiger partial charge in [-0.1, -0.05) is 29.5 Å². The minimum absolute atomic E-state index is 0.116. The summed E-state index contributed by atoms with van der Waals surface area (Å²) in [5, 5.41) is 1.01. The van der Waals surface area contributed by atoms with Crippen molar-refractivity contribution in [2.75, 3.05) is 0 Å². The standard InChI is InChI=1S/C26H26O3/c1-18-5-7-19(8-6-18)9-10-20-11-12-23-21(15-20)16-22(28-23)17-26(13-14-26)24(27)29-25(2,3)4/h5-8,11-12,15-16H,13-14,17H2,1-4H3. The number of rotatable bonds is 3. The van der Waals surface area contributed by atoms with Crippen LogP contribution in [0.5, 0.6) is 0 Å². The fourth-order valence-corrected chi connectivity index (χ4v) is 3.37. The third-order valence-electron chi connectivity index (χ3n) is 5.17. The van der Waals surface area contributed by atoms with E-state index >= 15 is 0 Å². The third kappa shape index (κ3) is 4.54. The lowest BCUT2D eigenvalue weighted by Crippen LogP contribution is -2.30. The number of carbonyl (C=O) groups excluding carboxylic acids is 1. The van der Waals surface area contributed by atoms with Crippen molar-refractivity contribution in [2.45, 2.75) is 52.6 Å². The normalized spacial score (nSPS) is 14.9. The largest absolute Gasteiger partial charge is 0.461 e. The first-order valence-electron chi connectivity index (χ1n) is 10.1. The monoisotopic (exact) mass is 386 g/mol. The minimum atomic E-state index is -0.467. The second-order valence-electron chi connectivity index (χ2n) is 9.04. The fourth-order valence-electron chi connectivity index (χ4n) is 3.37. The van der Waals surface area contributed by atoms with E-state index in [1.165, 1.54) is 5.56 Å². The van der Waals surface area contributed by atoms with Crippen molar-refractivity contribution in [3.05, 3.63) is 71.0 Å². The van der Waals surface area contributed by atoms with Gasteiger partial charge in [0.25, 0.3) is 0 Å². The number of hydrogen-bond donors (Lipinski definition) is 0. The van der Waals surface area contributed by atoms with Crippen LogP contribution in [0.15, 0.2) is 52.9 Å². The summed E-state index contributed by atoms with van der Waals surface area (Å²) < 4.78 is 11.6. The van der Waals surface area contributed by atoms with Gasteiger partial charge in [-0.05, 0) is 76.9 Å². The molecule has 0 amide bonds. The van der Waals surface area contributed by atoms with E-state index in [-0.39, 0.29) is 5.97 Å². The third-order valence-corrected chi connectivity index (χ3v) is 5.17. The molecular weight excluding hydrogens is 360 g/mol. The molecule has 3 heteroatoms. The van der Waals surface area contributed by atoms with Crippen molar-refractivity contribution in [1.82, 2.24) is 0 Å². The number of benzene rings is 2. The molecule has 0 bridgehead atoms. The summed E-state index contributed by atoms with van der Waals surface area (Å²) >= 11 is 0. The van der Waals surface area contributed by atoms with E-state index in [2.05, 4.69) is 30.9 Å². The predicted octanol–water partition coefficient (Wildman–Crippen LogP) is 5.81. The maximum absolute atomic E-state index is 12.6. The second-order valence-corrected chi connectivity index (χ2v) is 9.04. The Morgan fingerprint density at radius 2 is 1.69 bits per heavy atom. The molecule has 1 aliphatic carbocycles. The number of hydrogen-bond acceptors (Lipinski definition) is 3. The number of aryl methyl sites for hydroxylation is 1. The van der Waals surface area contributed by atoms with Crippen LogP contribution >= 0.6 is 0 Å². The van der Waals surface area contributed by atoms with Gasteiger partial charge in [-0.3, -0.25) is 4.79 Å². The predicted molar refractivity (Wildman–Crippen MR) is 115 cm³/mol. The molecule has 0 unspecified atom stereocenters. The van der Waals surface area contributed by atoms with E-state index in [4.69, 9.17) is 9.15 Å². The van der Waals surface area contributed by atoms with Crippen LogP contribution in [0.25, 0.3) is 11.0 Å². The summed E-state index contributed by atoms with van der Waals surface area (Å²) in [5.41, 5.74) is 3.10. The van der Waals surface area contributed by atoms with Crippen molar-refractivity contribution in [3.63, 3.8) is 0 Å². The molecule has 1 fully saturated rings. The van der Waals surface area contributed by atoms with Crippen molar-refractivity contribution >= 4 is 16.9 Å². The van der Waals surface area contributed by atoms with Crippen LogP contribution in [0.4, 0.5) is 0 Å². The summed E-state index contributed by atoms with van der Waals surface area (Å²) in [4.78, 5) is 12.6. The molecule has 0 spiro atoms. The molecule has 0 atom stereocenters. The SMILES string of the molecule is Cc1ccc(C#Cc2ccc3oc(CC4(C(=O)OC(C)(C)C)CC4)cc3c2)cc1. The Morgan fingerprint density at radius 1 is 1.03 bits per heavy atom. The van der Waals surface area contributed by atoms with Crippen LogP contribution in [-0.2, 0) is 16.0 Å². The van der Waals surface area contributed by atoms with Crippen LogP contribution in [-0.4, -0.2) is 11.6 Å². The van der Waals surface area contributed by atoms with Gasteiger partial charge in [-0.2, -0.15) is 0 Å². The highest BCUT2D eigenvalue weighted by molar-refractivity contribution is 5.82. The Labute approximate surface area is 172 Å². The maximum Gasteiger partial charge on any atom is 0.313 e. The van der Waals surface area contributed by atoms with Crippen LogP contribution in [0.1, 0.15) is 56.1 Å². The number of fused-ring (bicyclic) bond motifs is 1. The second kappa shape index (κ2) is 7.12. The highest BCUT2D eigenvalue weighted by atomic mass is 16.6. The Morgan fingerprint density at radius 3 is 2.34 bits per heavy atom. The first-order chi connectivity index (χ1) is 13.7. The molecule has 3 aromatic rings. The Kier molecular flexibility index (Phi) is 4.74. The molecule has 148 valence electrons. The van der Waals surface area contributed by atoms with Crippen molar-refractivity contribution in [2.24, 2.45) is 5.41 Å². The maximum atomic E-state index is 12.6. The molecule has 29 heavy (non-hydrogen) atoms. The van der Waals surface area contributed by atoms with Crippen LogP contribution in [0.2, 0.25) is 0 Å². The van der Waals surface area contributed by atoms with Gasteiger partial charge in [0, 0.05) is 22.9 Å². The Hall–Kier alpha value is -2.99. The summed E-state index contributed by atoms with van der Waals surface area (Å²) in [5.74, 6) is 7.13. The average Bonchev–Trinajstić information content (AvgIpc) is 3.32. The Bertz CT molecular complexity index is 1110. The topological polar surface area (TPSA) is 39.4 Å². The summed E-state index contributed by atoms with van der Waals surface area (Å²) in [6.07, 6.45) is 2.29. The van der Waals surface area contributed by atoms with Gasteiger partial charge in [0.1, 0.15) is 16.9 Å². The summed E-state index contributed by atoms with van der Waals surface area (Å²) in [6.45, 7) is 7.78. The number of carbonyl (C=O) groups is 1. The van der Waals surface area contributed by atoms with Gasteiger partial charge in [0.2, 0.25) is 0 Å².